The molecule has 0 saturated carbocycles. The van der Waals surface area contributed by atoms with Crippen molar-refractivity contribution in [1.29, 1.82) is 0 Å². The number of benzene rings is 2. The Balaban J connectivity index is 1.34. The zero-order valence-electron chi connectivity index (χ0n) is 34.1. The average Bonchev–Trinajstić information content (AvgIpc) is 4.04. The minimum Gasteiger partial charge on any atom is -0.492 e. The molecule has 1 aliphatic carbocycles. The quantitative estimate of drug-likeness (QED) is 0.119. The van der Waals surface area contributed by atoms with E-state index in [4.69, 9.17) is 40.2 Å². The Labute approximate surface area is 358 Å². The molecular formula is C44H43ClF2N6O7S. The van der Waals surface area contributed by atoms with Crippen LogP contribution in [-0.4, -0.2) is 63.0 Å². The van der Waals surface area contributed by atoms with Gasteiger partial charge in [-0.2, -0.15) is 0 Å². The highest BCUT2D eigenvalue weighted by molar-refractivity contribution is 7.23. The number of aromatic nitrogens is 4. The monoisotopic (exact) mass is 872 g/mol. The maximum atomic E-state index is 15.4. The maximum Gasteiger partial charge on any atom is 0.434 e. The van der Waals surface area contributed by atoms with Crippen molar-refractivity contribution in [3.05, 3.63) is 110 Å². The van der Waals surface area contributed by atoms with Gasteiger partial charge in [-0.3, -0.25) is 9.88 Å². The second-order valence-corrected chi connectivity index (χ2v) is 17.3. The Bertz CT molecular complexity index is 2710. The number of aromatic amines is 1. The molecule has 2 atom stereocenters. The Morgan fingerprint density at radius 2 is 1.89 bits per heavy atom. The molecule has 13 nitrogen and oxygen atoms in total. The second kappa shape index (κ2) is 16.9. The number of thiophene rings is 1. The van der Waals surface area contributed by atoms with Gasteiger partial charge in [-0.25, -0.2) is 33.2 Å². The number of methoxy groups -OCH3 is 1. The fourth-order valence-electron chi connectivity index (χ4n) is 8.16. The number of likely N-dealkylation sites (tertiary alicyclic amines) is 1. The molecule has 61 heavy (non-hydrogen) atoms. The van der Waals surface area contributed by atoms with Crippen molar-refractivity contribution in [3.63, 3.8) is 0 Å². The molecule has 4 aromatic heterocycles. The number of rotatable bonds is 11. The number of anilines is 1. The largest absolute Gasteiger partial charge is 0.492 e. The van der Waals surface area contributed by atoms with Crippen LogP contribution >= 0.6 is 22.9 Å². The molecule has 1 aliphatic heterocycles. The van der Waals surface area contributed by atoms with E-state index in [0.717, 1.165) is 15.6 Å². The molecule has 2 aromatic carbocycles. The van der Waals surface area contributed by atoms with Crippen LogP contribution in [-0.2, 0) is 28.7 Å². The normalized spacial score (nSPS) is 16.2. The molecule has 1 amide bonds. The van der Waals surface area contributed by atoms with Crippen molar-refractivity contribution >= 4 is 50.9 Å². The van der Waals surface area contributed by atoms with Gasteiger partial charge in [0.25, 0.3) is 5.89 Å². The van der Waals surface area contributed by atoms with Gasteiger partial charge >= 0.3 is 17.8 Å². The first-order valence-electron chi connectivity index (χ1n) is 20.0. The molecule has 2 N–H and O–H groups in total. The molecule has 5 heterocycles. The molecule has 0 unspecified atom stereocenters. The lowest BCUT2D eigenvalue weighted by atomic mass is 9.91. The summed E-state index contributed by atoms with van der Waals surface area (Å²) in [6.45, 7) is 7.43. The van der Waals surface area contributed by atoms with Crippen LogP contribution in [0.2, 0.25) is 5.02 Å². The van der Waals surface area contributed by atoms with Gasteiger partial charge in [0.15, 0.2) is 11.6 Å². The van der Waals surface area contributed by atoms with Crippen LogP contribution in [0, 0.1) is 11.6 Å². The standard InChI is InChI=1S/C44H43ClF2N6O7S/c1-6-58-41(54)34-33(31-20-23-17-18-48-39(38(23)61-31)50-28-16-14-25-26(28)21-27(45)37(57-5)35(25)47)32(40-51-52-42(55)59-40)29(15-11-22-9-12-24(46)13-10-22)49-36(34)30-8-7-19-53(30)43(56)60-44(2,3)4/h9-10,12-13,17-18,20-21,28,30H,6-8,11,14-16,19H2,1-5H3,(H,48,50)(H,52,55)/t28-,30+/m1/s1. The van der Waals surface area contributed by atoms with Gasteiger partial charge in [-0.1, -0.05) is 23.7 Å². The van der Waals surface area contributed by atoms with Gasteiger partial charge in [-0.15, -0.1) is 16.4 Å². The third-order valence-electron chi connectivity index (χ3n) is 10.8. The van der Waals surface area contributed by atoms with E-state index in [0.29, 0.717) is 77.4 Å². The number of aryl methyl sites for hydroxylation is 2. The number of carbonyl (C=O) groups is 2. The molecule has 2 aliphatic rings. The summed E-state index contributed by atoms with van der Waals surface area (Å²) >= 11 is 7.77. The van der Waals surface area contributed by atoms with Gasteiger partial charge < -0.3 is 23.9 Å². The zero-order chi connectivity index (χ0) is 43.2. The molecule has 1 saturated heterocycles. The van der Waals surface area contributed by atoms with E-state index >= 15 is 4.39 Å². The minimum atomic E-state index is -0.822. The van der Waals surface area contributed by atoms with E-state index in [2.05, 4.69) is 15.5 Å². The van der Waals surface area contributed by atoms with Gasteiger partial charge in [0.2, 0.25) is 0 Å². The molecule has 0 radical (unpaired) electrons. The number of ether oxygens (including phenoxy) is 3. The molecule has 318 valence electrons. The van der Waals surface area contributed by atoms with Crippen molar-refractivity contribution in [2.45, 2.75) is 83.9 Å². The van der Waals surface area contributed by atoms with Crippen molar-refractivity contribution in [3.8, 4) is 27.6 Å². The van der Waals surface area contributed by atoms with Crippen LogP contribution in [0.25, 0.3) is 32.0 Å². The van der Waals surface area contributed by atoms with Crippen molar-refractivity contribution in [2.24, 2.45) is 0 Å². The summed E-state index contributed by atoms with van der Waals surface area (Å²) < 4.78 is 52.6. The summed E-state index contributed by atoms with van der Waals surface area (Å²) in [5, 5.41) is 11.0. The molecule has 0 bridgehead atoms. The third kappa shape index (κ3) is 8.30. The Kier molecular flexibility index (Phi) is 11.6. The Morgan fingerprint density at radius 1 is 1.10 bits per heavy atom. The highest BCUT2D eigenvalue weighted by Crippen LogP contribution is 2.48. The van der Waals surface area contributed by atoms with E-state index < -0.39 is 35.3 Å². The van der Waals surface area contributed by atoms with Crippen LogP contribution in [0.4, 0.5) is 19.4 Å². The van der Waals surface area contributed by atoms with Crippen molar-refractivity contribution in [1.82, 2.24) is 25.1 Å². The van der Waals surface area contributed by atoms with Gasteiger partial charge in [0.1, 0.15) is 17.2 Å². The molecular weight excluding hydrogens is 830 g/mol. The lowest BCUT2D eigenvalue weighted by Gasteiger charge is -2.30. The zero-order valence-corrected chi connectivity index (χ0v) is 35.7. The number of nitrogens with one attached hydrogen (secondary N) is 2. The van der Waals surface area contributed by atoms with Gasteiger partial charge in [0.05, 0.1) is 58.0 Å². The smallest absolute Gasteiger partial charge is 0.434 e. The number of esters is 1. The molecule has 6 aromatic rings. The van der Waals surface area contributed by atoms with Crippen LogP contribution in [0.5, 0.6) is 5.75 Å². The summed E-state index contributed by atoms with van der Waals surface area (Å²) in [4.78, 5) is 53.0. The Hall–Kier alpha value is -5.87. The maximum absolute atomic E-state index is 15.4. The number of fused-ring (bicyclic) bond motifs is 2. The molecule has 1 fully saturated rings. The number of hydrogen-bond donors (Lipinski definition) is 2. The fourth-order valence-corrected chi connectivity index (χ4v) is 9.61. The summed E-state index contributed by atoms with van der Waals surface area (Å²) in [5.41, 5.74) is 2.63. The molecule has 8 rings (SSSR count). The van der Waals surface area contributed by atoms with Gasteiger partial charge in [-0.05, 0) is 119 Å². The van der Waals surface area contributed by atoms with E-state index in [-0.39, 0.29) is 52.7 Å². The summed E-state index contributed by atoms with van der Waals surface area (Å²) in [7, 11) is 1.38. The number of halogens is 3. The highest BCUT2D eigenvalue weighted by atomic mass is 35.5. The molecule has 17 heteroatoms. The third-order valence-corrected chi connectivity index (χ3v) is 12.2. The van der Waals surface area contributed by atoms with E-state index in [1.165, 1.54) is 30.6 Å². The summed E-state index contributed by atoms with van der Waals surface area (Å²) in [6.07, 6.45) is 3.84. The second-order valence-electron chi connectivity index (χ2n) is 15.9. The van der Waals surface area contributed by atoms with Gasteiger partial charge in [0, 0.05) is 23.2 Å². The first-order chi connectivity index (χ1) is 29.2. The highest BCUT2D eigenvalue weighted by Gasteiger charge is 2.40. The van der Waals surface area contributed by atoms with Crippen molar-refractivity contribution < 1.29 is 37.0 Å². The average molecular weight is 873 g/mol. The topological polar surface area (TPSA) is 162 Å². The number of H-pyrrole nitrogens is 1. The lowest BCUT2D eigenvalue weighted by molar-refractivity contribution is 0.0217. The van der Waals surface area contributed by atoms with Crippen LogP contribution < -0.4 is 15.8 Å². The Morgan fingerprint density at radius 3 is 2.59 bits per heavy atom. The van der Waals surface area contributed by atoms with E-state index in [1.807, 2.05) is 12.1 Å². The minimum absolute atomic E-state index is 0.00530. The predicted octanol–water partition coefficient (Wildman–Crippen LogP) is 9.78. The first kappa shape index (κ1) is 41.8. The van der Waals surface area contributed by atoms with Crippen LogP contribution in [0.3, 0.4) is 0 Å². The first-order valence-corrected chi connectivity index (χ1v) is 21.2. The predicted molar refractivity (Wildman–Crippen MR) is 226 cm³/mol. The lowest BCUT2D eigenvalue weighted by Crippen LogP contribution is -2.37. The van der Waals surface area contributed by atoms with E-state index in [9.17, 15) is 18.8 Å². The number of hydrogen-bond acceptors (Lipinski definition) is 12. The van der Waals surface area contributed by atoms with Crippen LogP contribution in [0.1, 0.15) is 97.5 Å². The van der Waals surface area contributed by atoms with Crippen LogP contribution in [0.15, 0.2) is 57.9 Å². The fraction of sp³-hybridized carbons (Fsp3) is 0.364. The summed E-state index contributed by atoms with van der Waals surface area (Å²) in [5.74, 6) is -1.98. The number of nitrogens with zero attached hydrogens (tertiary/aromatic N) is 4. The SMILES string of the molecule is CCOC(=O)c1c([C@@H]2CCCN2C(=O)OC(C)(C)C)nc(CCc2ccc(F)cc2)c(-c2n[nH]c(=O)o2)c1-c1cc2ccnc(N[C@@H]3CCc4c3cc(Cl)c(OC)c4F)c2s1. The number of pyridine rings is 2. The van der Waals surface area contributed by atoms with E-state index in [1.54, 1.807) is 57.0 Å². The number of amides is 1. The van der Waals surface area contributed by atoms with Crippen molar-refractivity contribution in [2.75, 3.05) is 25.6 Å². The summed E-state index contributed by atoms with van der Waals surface area (Å²) in [6, 6.07) is 10.5. The molecule has 0 spiro atoms. The number of carbonyl (C=O) groups excluding carboxylic acids is 2.